The molecule has 2 nitrogen and oxygen atoms in total. The molecule has 0 spiro atoms. The summed E-state index contributed by atoms with van der Waals surface area (Å²) in [6.45, 7) is 3.18. The third kappa shape index (κ3) is 2.75. The van der Waals surface area contributed by atoms with E-state index >= 15 is 0 Å². The molecule has 0 atom stereocenters. The highest BCUT2D eigenvalue weighted by Crippen LogP contribution is 2.22. The van der Waals surface area contributed by atoms with E-state index in [2.05, 4.69) is 16.5 Å². The lowest BCUT2D eigenvalue weighted by Crippen LogP contribution is -2.02. The summed E-state index contributed by atoms with van der Waals surface area (Å²) in [6.07, 6.45) is 3.61. The summed E-state index contributed by atoms with van der Waals surface area (Å²) in [5.74, 6) is 1.37. The van der Waals surface area contributed by atoms with E-state index in [4.69, 9.17) is 23.2 Å². The fourth-order valence-electron chi connectivity index (χ4n) is 2.02. The molecule has 0 fully saturated rings. The topological polar surface area (TPSA) is 17.8 Å². The number of halogens is 2. The molecule has 17 heavy (non-hydrogen) atoms. The Bertz CT molecular complexity index is 505. The van der Waals surface area contributed by atoms with Crippen LogP contribution in [0, 0.1) is 0 Å². The number of hydrogen-bond donors (Lipinski definition) is 0. The van der Waals surface area contributed by atoms with Crippen molar-refractivity contribution in [2.24, 2.45) is 0 Å². The fraction of sp³-hybridized carbons (Fsp3) is 0.462. The molecule has 0 saturated heterocycles. The van der Waals surface area contributed by atoms with E-state index in [1.807, 2.05) is 18.2 Å². The maximum atomic E-state index is 5.97. The van der Waals surface area contributed by atoms with Crippen LogP contribution in [0.2, 0.25) is 5.02 Å². The van der Waals surface area contributed by atoms with Crippen molar-refractivity contribution in [3.8, 4) is 0 Å². The zero-order valence-electron chi connectivity index (χ0n) is 9.92. The number of hydrogen-bond acceptors (Lipinski definition) is 1. The van der Waals surface area contributed by atoms with Gasteiger partial charge in [-0.3, -0.25) is 0 Å². The van der Waals surface area contributed by atoms with E-state index in [1.165, 1.54) is 12.8 Å². The van der Waals surface area contributed by atoms with E-state index in [-0.39, 0.29) is 0 Å². The van der Waals surface area contributed by atoms with E-state index in [9.17, 15) is 0 Å². The van der Waals surface area contributed by atoms with Crippen LogP contribution < -0.4 is 0 Å². The Labute approximate surface area is 112 Å². The van der Waals surface area contributed by atoms with E-state index < -0.39 is 0 Å². The number of unbranched alkanes of at least 4 members (excludes halogenated alkanes) is 2. The van der Waals surface area contributed by atoms with Crippen molar-refractivity contribution in [2.75, 3.05) is 0 Å². The zero-order valence-corrected chi connectivity index (χ0v) is 11.4. The molecule has 92 valence electrons. The van der Waals surface area contributed by atoms with Crippen LogP contribution in [0.3, 0.4) is 0 Å². The molecule has 0 saturated carbocycles. The minimum Gasteiger partial charge on any atom is -0.327 e. The summed E-state index contributed by atoms with van der Waals surface area (Å²) in [6, 6.07) is 5.82. The van der Waals surface area contributed by atoms with Crippen LogP contribution >= 0.6 is 23.2 Å². The summed E-state index contributed by atoms with van der Waals surface area (Å²) in [7, 11) is 0. The zero-order chi connectivity index (χ0) is 12.3. The molecule has 4 heteroatoms. The van der Waals surface area contributed by atoms with Crippen molar-refractivity contribution in [2.45, 2.75) is 38.6 Å². The molecule has 1 heterocycles. The van der Waals surface area contributed by atoms with Gasteiger partial charge in [0, 0.05) is 11.6 Å². The predicted octanol–water partition coefficient (Wildman–Crippen LogP) is 4.62. The maximum Gasteiger partial charge on any atom is 0.124 e. The van der Waals surface area contributed by atoms with Crippen molar-refractivity contribution in [1.29, 1.82) is 0 Å². The molecule has 0 unspecified atom stereocenters. The Morgan fingerprint density at radius 1 is 1.29 bits per heavy atom. The fourth-order valence-corrected chi connectivity index (χ4v) is 2.39. The number of aromatic nitrogens is 2. The van der Waals surface area contributed by atoms with Crippen LogP contribution in [0.5, 0.6) is 0 Å². The van der Waals surface area contributed by atoms with E-state index in [0.717, 1.165) is 34.8 Å². The monoisotopic (exact) mass is 270 g/mol. The summed E-state index contributed by atoms with van der Waals surface area (Å²) < 4.78 is 2.20. The molecule has 2 rings (SSSR count). The lowest BCUT2D eigenvalue weighted by Gasteiger charge is -2.06. The van der Waals surface area contributed by atoms with E-state index in [0.29, 0.717) is 5.88 Å². The summed E-state index contributed by atoms with van der Waals surface area (Å²) >= 11 is 11.9. The normalized spacial score (nSPS) is 11.2. The van der Waals surface area contributed by atoms with Crippen LogP contribution in [-0.4, -0.2) is 9.55 Å². The Morgan fingerprint density at radius 2 is 2.12 bits per heavy atom. The van der Waals surface area contributed by atoms with Crippen molar-refractivity contribution in [3.63, 3.8) is 0 Å². The average Bonchev–Trinajstić information content (AvgIpc) is 2.67. The van der Waals surface area contributed by atoms with Gasteiger partial charge in [0.1, 0.15) is 5.82 Å². The third-order valence-corrected chi connectivity index (χ3v) is 3.37. The SMILES string of the molecule is CCCCCn1c(CCl)nc2cc(Cl)ccc21. The van der Waals surface area contributed by atoms with Crippen LogP contribution in [0.4, 0.5) is 0 Å². The largest absolute Gasteiger partial charge is 0.327 e. The molecular formula is C13H16Cl2N2. The van der Waals surface area contributed by atoms with Crippen molar-refractivity contribution in [3.05, 3.63) is 29.0 Å². The van der Waals surface area contributed by atoms with Gasteiger partial charge < -0.3 is 4.57 Å². The molecule has 0 amide bonds. The first-order chi connectivity index (χ1) is 8.26. The van der Waals surface area contributed by atoms with Gasteiger partial charge in [0.2, 0.25) is 0 Å². The lowest BCUT2D eigenvalue weighted by molar-refractivity contribution is 0.600. The Balaban J connectivity index is 2.36. The van der Waals surface area contributed by atoms with Gasteiger partial charge >= 0.3 is 0 Å². The molecular weight excluding hydrogens is 255 g/mol. The quantitative estimate of drug-likeness (QED) is 0.573. The van der Waals surface area contributed by atoms with Gasteiger partial charge in [-0.1, -0.05) is 31.4 Å². The number of aryl methyl sites for hydroxylation is 1. The summed E-state index contributed by atoms with van der Waals surface area (Å²) in [5.41, 5.74) is 2.06. The van der Waals surface area contributed by atoms with Gasteiger partial charge in [-0.25, -0.2) is 4.98 Å². The number of alkyl halides is 1. The number of nitrogens with zero attached hydrogens (tertiary/aromatic N) is 2. The smallest absolute Gasteiger partial charge is 0.124 e. The second-order valence-electron chi connectivity index (χ2n) is 4.15. The molecule has 0 bridgehead atoms. The highest BCUT2D eigenvalue weighted by Gasteiger charge is 2.09. The van der Waals surface area contributed by atoms with Gasteiger partial charge in [0.15, 0.2) is 0 Å². The van der Waals surface area contributed by atoms with Crippen molar-refractivity contribution >= 4 is 34.2 Å². The highest BCUT2D eigenvalue weighted by atomic mass is 35.5. The van der Waals surface area contributed by atoms with Crippen LogP contribution in [0.25, 0.3) is 11.0 Å². The van der Waals surface area contributed by atoms with Gasteiger partial charge in [0.25, 0.3) is 0 Å². The lowest BCUT2D eigenvalue weighted by atomic mass is 10.2. The average molecular weight is 271 g/mol. The summed E-state index contributed by atoms with van der Waals surface area (Å²) in [4.78, 5) is 4.52. The highest BCUT2D eigenvalue weighted by molar-refractivity contribution is 6.31. The Hall–Kier alpha value is -0.730. The predicted molar refractivity (Wildman–Crippen MR) is 73.8 cm³/mol. The van der Waals surface area contributed by atoms with Gasteiger partial charge in [0.05, 0.1) is 16.9 Å². The van der Waals surface area contributed by atoms with Gasteiger partial charge in [-0.05, 0) is 24.6 Å². The van der Waals surface area contributed by atoms with Crippen LogP contribution in [0.15, 0.2) is 18.2 Å². The molecule has 0 N–H and O–H groups in total. The summed E-state index contributed by atoms with van der Waals surface area (Å²) in [5, 5.41) is 0.719. The number of rotatable bonds is 5. The van der Waals surface area contributed by atoms with Gasteiger partial charge in [-0.2, -0.15) is 0 Å². The molecule has 0 aliphatic carbocycles. The molecule has 1 aromatic heterocycles. The second kappa shape index (κ2) is 5.74. The van der Waals surface area contributed by atoms with Crippen LogP contribution in [0.1, 0.15) is 32.0 Å². The molecule has 0 aliphatic rings. The molecule has 0 radical (unpaired) electrons. The Morgan fingerprint density at radius 3 is 2.82 bits per heavy atom. The minimum atomic E-state index is 0.443. The van der Waals surface area contributed by atoms with Crippen molar-refractivity contribution < 1.29 is 0 Å². The van der Waals surface area contributed by atoms with Crippen molar-refractivity contribution in [1.82, 2.24) is 9.55 Å². The number of benzene rings is 1. The minimum absolute atomic E-state index is 0.443. The number of imidazole rings is 1. The Kier molecular flexibility index (Phi) is 4.30. The first-order valence-corrected chi connectivity index (χ1v) is 6.88. The molecule has 0 aliphatic heterocycles. The van der Waals surface area contributed by atoms with Gasteiger partial charge in [-0.15, -0.1) is 11.6 Å². The maximum absolute atomic E-state index is 5.97. The van der Waals surface area contributed by atoms with Crippen LogP contribution in [-0.2, 0) is 12.4 Å². The first-order valence-electron chi connectivity index (χ1n) is 5.97. The second-order valence-corrected chi connectivity index (χ2v) is 4.86. The number of fused-ring (bicyclic) bond motifs is 1. The molecule has 2 aromatic rings. The van der Waals surface area contributed by atoms with E-state index in [1.54, 1.807) is 0 Å². The molecule has 1 aromatic carbocycles. The first kappa shape index (κ1) is 12.7. The third-order valence-electron chi connectivity index (χ3n) is 2.89. The standard InChI is InChI=1S/C13H16Cl2N2/c1-2-3-4-7-17-12-6-5-10(15)8-11(12)16-13(17)9-14/h5-6,8H,2-4,7,9H2,1H3.